The van der Waals surface area contributed by atoms with Gasteiger partial charge in [-0.25, -0.2) is 14.8 Å². The summed E-state index contributed by atoms with van der Waals surface area (Å²) >= 11 is 0. The minimum atomic E-state index is -0.137. The average molecular weight is 190 g/mol. The summed E-state index contributed by atoms with van der Waals surface area (Å²) in [7, 11) is 1.71. The van der Waals surface area contributed by atoms with Crippen molar-refractivity contribution in [3.8, 4) is 0 Å². The first-order chi connectivity index (χ1) is 6.75. The van der Waals surface area contributed by atoms with Crippen LogP contribution in [0.5, 0.6) is 0 Å². The molecule has 0 unspecified atom stereocenters. The van der Waals surface area contributed by atoms with Crippen molar-refractivity contribution in [2.24, 2.45) is 7.05 Å². The maximum atomic E-state index is 11.3. The first-order valence-electron chi connectivity index (χ1n) is 4.67. The van der Waals surface area contributed by atoms with Crippen LogP contribution in [-0.2, 0) is 7.05 Å². The molecule has 0 spiro atoms. The standard InChI is InChI=1S/C9H10N4O/c1-13-8-6(11-9(13)14)4-10-7(12-8)5-2-3-5/h4-5H,2-3H2,1H3,(H,11,14). The number of H-pyrrole nitrogens is 1. The molecule has 1 saturated carbocycles. The topological polar surface area (TPSA) is 63.6 Å². The van der Waals surface area contributed by atoms with E-state index >= 15 is 0 Å². The lowest BCUT2D eigenvalue weighted by Crippen LogP contribution is -2.12. The van der Waals surface area contributed by atoms with Crippen LogP contribution in [0.3, 0.4) is 0 Å². The summed E-state index contributed by atoms with van der Waals surface area (Å²) < 4.78 is 1.52. The molecule has 1 aliphatic carbocycles. The lowest BCUT2D eigenvalue weighted by Gasteiger charge is -1.96. The molecule has 3 rings (SSSR count). The predicted molar refractivity (Wildman–Crippen MR) is 51.1 cm³/mol. The van der Waals surface area contributed by atoms with Gasteiger partial charge in [0.1, 0.15) is 11.3 Å². The maximum absolute atomic E-state index is 11.3. The smallest absolute Gasteiger partial charge is 0.303 e. The SMILES string of the molecule is Cn1c(=O)[nH]c2cnc(C3CC3)nc21. The first kappa shape index (κ1) is 7.73. The van der Waals surface area contributed by atoms with E-state index in [9.17, 15) is 4.79 Å². The second-order valence-electron chi connectivity index (χ2n) is 3.73. The van der Waals surface area contributed by atoms with Gasteiger partial charge in [-0.3, -0.25) is 4.57 Å². The van der Waals surface area contributed by atoms with E-state index in [0.29, 0.717) is 17.1 Å². The number of rotatable bonds is 1. The third-order valence-electron chi connectivity index (χ3n) is 2.59. The highest BCUT2D eigenvalue weighted by Crippen LogP contribution is 2.37. The molecule has 0 aliphatic heterocycles. The number of nitrogens with zero attached hydrogens (tertiary/aromatic N) is 3. The predicted octanol–water partition coefficient (Wildman–Crippen LogP) is 0.534. The van der Waals surface area contributed by atoms with E-state index in [4.69, 9.17) is 0 Å². The molecule has 2 heterocycles. The fourth-order valence-corrected chi connectivity index (χ4v) is 1.56. The number of fused-ring (bicyclic) bond motifs is 1. The van der Waals surface area contributed by atoms with Crippen molar-refractivity contribution in [3.05, 3.63) is 22.5 Å². The summed E-state index contributed by atoms with van der Waals surface area (Å²) in [4.78, 5) is 22.6. The molecule has 1 aliphatic rings. The van der Waals surface area contributed by atoms with Crippen molar-refractivity contribution in [1.82, 2.24) is 19.5 Å². The summed E-state index contributed by atoms with van der Waals surface area (Å²) in [5.41, 5.74) is 1.27. The minimum absolute atomic E-state index is 0.137. The lowest BCUT2D eigenvalue weighted by molar-refractivity contribution is 0.861. The molecule has 0 bridgehead atoms. The van der Waals surface area contributed by atoms with Crippen molar-refractivity contribution in [1.29, 1.82) is 0 Å². The van der Waals surface area contributed by atoms with E-state index in [-0.39, 0.29) is 5.69 Å². The van der Waals surface area contributed by atoms with E-state index in [0.717, 1.165) is 5.82 Å². The Morgan fingerprint density at radius 3 is 3.07 bits per heavy atom. The van der Waals surface area contributed by atoms with Gasteiger partial charge in [-0.15, -0.1) is 0 Å². The second kappa shape index (κ2) is 2.43. The molecular weight excluding hydrogens is 180 g/mol. The second-order valence-corrected chi connectivity index (χ2v) is 3.73. The monoisotopic (exact) mass is 190 g/mol. The quantitative estimate of drug-likeness (QED) is 0.713. The Labute approximate surface area is 79.8 Å². The third-order valence-corrected chi connectivity index (χ3v) is 2.59. The van der Waals surface area contributed by atoms with Gasteiger partial charge in [0.05, 0.1) is 6.20 Å². The van der Waals surface area contributed by atoms with Gasteiger partial charge >= 0.3 is 5.69 Å². The molecular formula is C9H10N4O. The highest BCUT2D eigenvalue weighted by atomic mass is 16.1. The van der Waals surface area contributed by atoms with E-state index in [2.05, 4.69) is 15.0 Å². The van der Waals surface area contributed by atoms with Crippen LogP contribution in [0.4, 0.5) is 0 Å². The van der Waals surface area contributed by atoms with Gasteiger partial charge in [-0.2, -0.15) is 0 Å². The Morgan fingerprint density at radius 1 is 1.57 bits per heavy atom. The molecule has 0 amide bonds. The molecule has 72 valence electrons. The summed E-state index contributed by atoms with van der Waals surface area (Å²) in [6.07, 6.45) is 4.03. The number of imidazole rings is 1. The Bertz CT molecular complexity index is 549. The van der Waals surface area contributed by atoms with Crippen molar-refractivity contribution < 1.29 is 0 Å². The van der Waals surface area contributed by atoms with Gasteiger partial charge in [0.15, 0.2) is 5.65 Å². The van der Waals surface area contributed by atoms with E-state index in [1.54, 1.807) is 13.2 Å². The summed E-state index contributed by atoms with van der Waals surface area (Å²) in [6.45, 7) is 0. The molecule has 5 nitrogen and oxygen atoms in total. The fraction of sp³-hybridized carbons (Fsp3) is 0.444. The maximum Gasteiger partial charge on any atom is 0.327 e. The molecule has 14 heavy (non-hydrogen) atoms. The van der Waals surface area contributed by atoms with Gasteiger partial charge in [0, 0.05) is 13.0 Å². The number of nitrogens with one attached hydrogen (secondary N) is 1. The third kappa shape index (κ3) is 0.982. The minimum Gasteiger partial charge on any atom is -0.303 e. The molecule has 0 atom stereocenters. The number of aromatic amines is 1. The Morgan fingerprint density at radius 2 is 2.36 bits per heavy atom. The zero-order valence-electron chi connectivity index (χ0n) is 7.82. The van der Waals surface area contributed by atoms with Gasteiger partial charge in [0.2, 0.25) is 0 Å². The molecule has 0 saturated heterocycles. The molecule has 0 radical (unpaired) electrons. The van der Waals surface area contributed by atoms with Crippen molar-refractivity contribution >= 4 is 11.2 Å². The zero-order valence-corrected chi connectivity index (χ0v) is 7.82. The Balaban J connectivity index is 2.30. The van der Waals surface area contributed by atoms with Crippen LogP contribution >= 0.6 is 0 Å². The van der Waals surface area contributed by atoms with E-state index < -0.39 is 0 Å². The van der Waals surface area contributed by atoms with Gasteiger partial charge in [-0.05, 0) is 12.8 Å². The van der Waals surface area contributed by atoms with Crippen molar-refractivity contribution in [2.45, 2.75) is 18.8 Å². The number of hydrogen-bond acceptors (Lipinski definition) is 3. The van der Waals surface area contributed by atoms with Gasteiger partial charge in [-0.1, -0.05) is 0 Å². The first-order valence-corrected chi connectivity index (χ1v) is 4.67. The molecule has 2 aromatic rings. The number of aryl methyl sites for hydroxylation is 1. The van der Waals surface area contributed by atoms with Crippen LogP contribution in [0.15, 0.2) is 11.0 Å². The molecule has 1 N–H and O–H groups in total. The highest BCUT2D eigenvalue weighted by molar-refractivity contribution is 5.69. The van der Waals surface area contributed by atoms with Gasteiger partial charge < -0.3 is 4.98 Å². The van der Waals surface area contributed by atoms with Crippen LogP contribution in [0.2, 0.25) is 0 Å². The largest absolute Gasteiger partial charge is 0.327 e. The highest BCUT2D eigenvalue weighted by Gasteiger charge is 2.26. The van der Waals surface area contributed by atoms with Gasteiger partial charge in [0.25, 0.3) is 0 Å². The molecule has 0 aromatic carbocycles. The molecule has 2 aromatic heterocycles. The summed E-state index contributed by atoms with van der Waals surface area (Å²) in [6, 6.07) is 0. The summed E-state index contributed by atoms with van der Waals surface area (Å²) in [5, 5.41) is 0. The fourth-order valence-electron chi connectivity index (χ4n) is 1.56. The lowest BCUT2D eigenvalue weighted by atomic mass is 10.4. The van der Waals surface area contributed by atoms with Crippen LogP contribution in [0, 0.1) is 0 Å². The zero-order chi connectivity index (χ0) is 9.71. The van der Waals surface area contributed by atoms with Crippen LogP contribution in [0.1, 0.15) is 24.6 Å². The number of aromatic nitrogens is 4. The van der Waals surface area contributed by atoms with E-state index in [1.807, 2.05) is 0 Å². The summed E-state index contributed by atoms with van der Waals surface area (Å²) in [5.74, 6) is 1.39. The molecule has 5 heteroatoms. The van der Waals surface area contributed by atoms with Crippen molar-refractivity contribution in [2.75, 3.05) is 0 Å². The van der Waals surface area contributed by atoms with E-state index in [1.165, 1.54) is 17.4 Å². The van der Waals surface area contributed by atoms with Crippen LogP contribution in [-0.4, -0.2) is 19.5 Å². The normalized spacial score (nSPS) is 16.4. The van der Waals surface area contributed by atoms with Crippen molar-refractivity contribution in [3.63, 3.8) is 0 Å². The Hall–Kier alpha value is -1.65. The molecule has 1 fully saturated rings. The van der Waals surface area contributed by atoms with Crippen LogP contribution < -0.4 is 5.69 Å². The number of hydrogen-bond donors (Lipinski definition) is 1. The van der Waals surface area contributed by atoms with Crippen LogP contribution in [0.25, 0.3) is 11.2 Å². The Kier molecular flexibility index (Phi) is 1.34. The average Bonchev–Trinajstić information content (AvgIpc) is 2.97.